The fourth-order valence-electron chi connectivity index (χ4n) is 3.86. The average molecular weight is 384 g/mol. The van der Waals surface area contributed by atoms with E-state index in [0.717, 1.165) is 43.6 Å². The highest BCUT2D eigenvalue weighted by molar-refractivity contribution is 5.97. The van der Waals surface area contributed by atoms with Crippen LogP contribution in [0.3, 0.4) is 0 Å². The van der Waals surface area contributed by atoms with Gasteiger partial charge in [0.1, 0.15) is 5.82 Å². The Labute approximate surface area is 166 Å². The molecule has 0 radical (unpaired) electrons. The van der Waals surface area contributed by atoms with Gasteiger partial charge in [0, 0.05) is 36.0 Å². The zero-order chi connectivity index (χ0) is 20.0. The number of carbonyl (C=O) groups excluding carboxylic acids is 1. The van der Waals surface area contributed by atoms with Crippen LogP contribution in [-0.4, -0.2) is 48.5 Å². The van der Waals surface area contributed by atoms with Gasteiger partial charge in [-0.15, -0.1) is 0 Å². The number of Topliss-reactive ketones (excluding diaryl/α,β-unsaturated/α-hetero) is 1. The van der Waals surface area contributed by atoms with Crippen LogP contribution in [0.5, 0.6) is 0 Å². The van der Waals surface area contributed by atoms with Gasteiger partial charge in [-0.05, 0) is 69.5 Å². The van der Waals surface area contributed by atoms with E-state index in [1.165, 1.54) is 12.1 Å². The van der Waals surface area contributed by atoms with Crippen molar-refractivity contribution in [3.63, 3.8) is 0 Å². The summed E-state index contributed by atoms with van der Waals surface area (Å²) in [7, 11) is 0. The molecule has 1 aromatic carbocycles. The summed E-state index contributed by atoms with van der Waals surface area (Å²) in [5.74, 6) is -0.0952. The summed E-state index contributed by atoms with van der Waals surface area (Å²) in [6.45, 7) is 7.45. The third-order valence-electron chi connectivity index (χ3n) is 5.59. The van der Waals surface area contributed by atoms with Gasteiger partial charge in [-0.1, -0.05) is 12.1 Å². The maximum Gasteiger partial charge on any atom is 0.178 e. The number of rotatable bonds is 9. The number of aromatic nitrogens is 1. The number of hydrogen-bond acceptors (Lipinski definition) is 4. The lowest BCUT2D eigenvalue weighted by atomic mass is 9.82. The molecule has 1 aromatic heterocycles. The molecule has 0 bridgehead atoms. The molecule has 2 aromatic rings. The summed E-state index contributed by atoms with van der Waals surface area (Å²) >= 11 is 0. The van der Waals surface area contributed by atoms with E-state index in [9.17, 15) is 9.18 Å². The molecule has 0 aliphatic carbocycles. The number of ketones is 1. The Bertz CT molecular complexity index is 776. The summed E-state index contributed by atoms with van der Waals surface area (Å²) < 4.78 is 18.9. The molecule has 1 aliphatic rings. The van der Waals surface area contributed by atoms with Gasteiger partial charge in [0.2, 0.25) is 0 Å². The number of hydrogen-bond donors (Lipinski definition) is 0. The van der Waals surface area contributed by atoms with Gasteiger partial charge in [0.25, 0.3) is 0 Å². The largest absolute Gasteiger partial charge is 0.381 e. The Morgan fingerprint density at radius 3 is 2.71 bits per heavy atom. The molecule has 0 unspecified atom stereocenters. The molecule has 0 N–H and O–H groups in total. The molecule has 150 valence electrons. The highest BCUT2D eigenvalue weighted by Crippen LogP contribution is 2.36. The standard InChI is InChI=1S/C23H29FN2O2/c1-3-28-17-23(11-10-19-5-8-21(24)9-6-19)12-13-26(16-23)15-22(27)20-7-4-18(2)25-14-20/h4-9,14H,3,10-13,15-17H2,1-2H3/t23-/m1/s1. The fraction of sp³-hybridized carbons (Fsp3) is 0.478. The van der Waals surface area contributed by atoms with Gasteiger partial charge in [-0.2, -0.15) is 0 Å². The summed E-state index contributed by atoms with van der Waals surface area (Å²) in [5, 5.41) is 0. The molecule has 1 saturated heterocycles. The number of likely N-dealkylation sites (tertiary alicyclic amines) is 1. The molecule has 28 heavy (non-hydrogen) atoms. The summed E-state index contributed by atoms with van der Waals surface area (Å²) in [6.07, 6.45) is 4.52. The second-order valence-electron chi connectivity index (χ2n) is 7.84. The van der Waals surface area contributed by atoms with Gasteiger partial charge < -0.3 is 4.74 Å². The first-order chi connectivity index (χ1) is 13.5. The number of pyridine rings is 1. The number of carbonyl (C=O) groups is 1. The maximum atomic E-state index is 13.1. The van der Waals surface area contributed by atoms with E-state index in [2.05, 4.69) is 9.88 Å². The molecule has 1 atom stereocenters. The minimum atomic E-state index is -0.205. The first-order valence-corrected chi connectivity index (χ1v) is 10.0. The monoisotopic (exact) mass is 384 g/mol. The van der Waals surface area contributed by atoms with Crippen LogP contribution in [0.25, 0.3) is 0 Å². The normalized spacial score (nSPS) is 19.8. The minimum Gasteiger partial charge on any atom is -0.381 e. The Kier molecular flexibility index (Phi) is 6.92. The van der Waals surface area contributed by atoms with E-state index in [4.69, 9.17) is 4.74 Å². The zero-order valence-corrected chi connectivity index (χ0v) is 16.8. The summed E-state index contributed by atoms with van der Waals surface area (Å²) in [6, 6.07) is 10.5. The quantitative estimate of drug-likeness (QED) is 0.611. The molecule has 1 fully saturated rings. The molecule has 1 aliphatic heterocycles. The molecule has 3 rings (SSSR count). The zero-order valence-electron chi connectivity index (χ0n) is 16.8. The summed E-state index contributed by atoms with van der Waals surface area (Å²) in [4.78, 5) is 19.1. The van der Waals surface area contributed by atoms with E-state index >= 15 is 0 Å². The van der Waals surface area contributed by atoms with Crippen LogP contribution in [0.15, 0.2) is 42.6 Å². The summed E-state index contributed by atoms with van der Waals surface area (Å²) in [5.41, 5.74) is 2.75. The maximum absolute atomic E-state index is 13.1. The molecule has 0 amide bonds. The van der Waals surface area contributed by atoms with Crippen molar-refractivity contribution in [2.45, 2.75) is 33.1 Å². The van der Waals surface area contributed by atoms with E-state index < -0.39 is 0 Å². The van der Waals surface area contributed by atoms with Crippen LogP contribution in [-0.2, 0) is 11.2 Å². The van der Waals surface area contributed by atoms with Gasteiger partial charge in [0.05, 0.1) is 13.2 Å². The van der Waals surface area contributed by atoms with Crippen LogP contribution in [0.4, 0.5) is 4.39 Å². The van der Waals surface area contributed by atoms with E-state index in [0.29, 0.717) is 25.3 Å². The molecule has 0 spiro atoms. The Hall–Kier alpha value is -2.11. The SMILES string of the molecule is CCOC[C@]1(CCc2ccc(F)cc2)CCN(CC(=O)c2ccc(C)nc2)C1. The van der Waals surface area contributed by atoms with Gasteiger partial charge in [-0.3, -0.25) is 14.7 Å². The lowest BCUT2D eigenvalue weighted by Gasteiger charge is -2.29. The van der Waals surface area contributed by atoms with Gasteiger partial charge in [-0.25, -0.2) is 4.39 Å². The third-order valence-corrected chi connectivity index (χ3v) is 5.59. The van der Waals surface area contributed by atoms with Crippen molar-refractivity contribution in [2.75, 3.05) is 32.8 Å². The predicted molar refractivity (Wildman–Crippen MR) is 108 cm³/mol. The first kappa shape index (κ1) is 20.6. The molecular weight excluding hydrogens is 355 g/mol. The molecular formula is C23H29FN2O2. The Morgan fingerprint density at radius 2 is 2.04 bits per heavy atom. The predicted octanol–water partition coefficient (Wildman–Crippen LogP) is 4.07. The van der Waals surface area contributed by atoms with Crippen molar-refractivity contribution < 1.29 is 13.9 Å². The second kappa shape index (κ2) is 9.39. The second-order valence-corrected chi connectivity index (χ2v) is 7.84. The highest BCUT2D eigenvalue weighted by atomic mass is 19.1. The molecule has 5 heteroatoms. The van der Waals surface area contributed by atoms with Crippen LogP contribution in [0.2, 0.25) is 0 Å². The Balaban J connectivity index is 1.61. The van der Waals surface area contributed by atoms with Crippen molar-refractivity contribution in [1.82, 2.24) is 9.88 Å². The van der Waals surface area contributed by atoms with E-state index in [1.807, 2.05) is 38.1 Å². The molecule has 2 heterocycles. The molecule has 0 saturated carbocycles. The Morgan fingerprint density at radius 1 is 1.25 bits per heavy atom. The number of aryl methyl sites for hydroxylation is 2. The topological polar surface area (TPSA) is 42.4 Å². The smallest absolute Gasteiger partial charge is 0.178 e. The lowest BCUT2D eigenvalue weighted by molar-refractivity contribution is 0.0490. The third kappa shape index (κ3) is 5.46. The van der Waals surface area contributed by atoms with Crippen molar-refractivity contribution in [2.24, 2.45) is 5.41 Å². The highest BCUT2D eigenvalue weighted by Gasteiger charge is 2.38. The van der Waals surface area contributed by atoms with E-state index in [1.54, 1.807) is 6.20 Å². The van der Waals surface area contributed by atoms with Crippen LogP contribution in [0.1, 0.15) is 41.4 Å². The van der Waals surface area contributed by atoms with Crippen LogP contribution in [0, 0.1) is 18.2 Å². The number of nitrogens with zero attached hydrogens (tertiary/aromatic N) is 2. The van der Waals surface area contributed by atoms with E-state index in [-0.39, 0.29) is 17.0 Å². The number of benzene rings is 1. The minimum absolute atomic E-state index is 0.0379. The average Bonchev–Trinajstić information content (AvgIpc) is 3.09. The number of halogens is 1. The van der Waals surface area contributed by atoms with Crippen molar-refractivity contribution >= 4 is 5.78 Å². The van der Waals surface area contributed by atoms with Gasteiger partial charge in [0.15, 0.2) is 5.78 Å². The molecule has 4 nitrogen and oxygen atoms in total. The van der Waals surface area contributed by atoms with Crippen molar-refractivity contribution in [3.8, 4) is 0 Å². The van der Waals surface area contributed by atoms with Gasteiger partial charge >= 0.3 is 0 Å². The first-order valence-electron chi connectivity index (χ1n) is 10.0. The fourth-order valence-corrected chi connectivity index (χ4v) is 3.86. The lowest BCUT2D eigenvalue weighted by Crippen LogP contribution is -2.34. The van der Waals surface area contributed by atoms with Crippen LogP contribution < -0.4 is 0 Å². The number of ether oxygens (including phenoxy) is 1. The van der Waals surface area contributed by atoms with Crippen LogP contribution >= 0.6 is 0 Å². The van der Waals surface area contributed by atoms with Crippen molar-refractivity contribution in [3.05, 3.63) is 65.2 Å². The van der Waals surface area contributed by atoms with Crippen molar-refractivity contribution in [1.29, 1.82) is 0 Å².